The molecule has 2 nitrogen and oxygen atoms in total. The van der Waals surface area contributed by atoms with Crippen LogP contribution in [-0.4, -0.2) is 17.0 Å². The molecule has 4 heteroatoms. The van der Waals surface area contributed by atoms with Crippen molar-refractivity contribution in [3.05, 3.63) is 59.1 Å². The molecule has 20 heavy (non-hydrogen) atoms. The van der Waals surface area contributed by atoms with Crippen molar-refractivity contribution in [2.45, 2.75) is 6.42 Å². The number of nitrogens with zero attached hydrogens (tertiary/aromatic N) is 2. The molecule has 100 valence electrons. The smallest absolute Gasteiger partial charge is 0.0910 e. The lowest BCUT2D eigenvalue weighted by atomic mass is 10.1. The summed E-state index contributed by atoms with van der Waals surface area (Å²) in [5, 5.41) is 1.74. The fourth-order valence-corrected chi connectivity index (χ4v) is 2.73. The largest absolute Gasteiger partial charge is 0.250 e. The molecule has 0 bridgehead atoms. The molecule has 0 aromatic heterocycles. The highest BCUT2D eigenvalue weighted by Crippen LogP contribution is 2.35. The van der Waals surface area contributed by atoms with Crippen LogP contribution in [0.5, 0.6) is 0 Å². The first kappa shape index (κ1) is 13.4. The van der Waals surface area contributed by atoms with E-state index in [2.05, 4.69) is 17.1 Å². The highest BCUT2D eigenvalue weighted by molar-refractivity contribution is 8.13. The van der Waals surface area contributed by atoms with Crippen molar-refractivity contribution in [2.75, 3.05) is 6.26 Å². The second-order valence-electron chi connectivity index (χ2n) is 4.44. The molecule has 0 spiro atoms. The molecule has 0 saturated heterocycles. The molecule has 1 aliphatic heterocycles. The van der Waals surface area contributed by atoms with E-state index in [1.54, 1.807) is 11.8 Å². The highest BCUT2D eigenvalue weighted by atomic mass is 35.5. The van der Waals surface area contributed by atoms with E-state index in [0.717, 1.165) is 34.1 Å². The Morgan fingerprint density at radius 1 is 1.00 bits per heavy atom. The van der Waals surface area contributed by atoms with E-state index in [9.17, 15) is 0 Å². The monoisotopic (exact) mass is 300 g/mol. The maximum atomic E-state index is 6.05. The van der Waals surface area contributed by atoms with Gasteiger partial charge in [-0.05, 0) is 30.0 Å². The van der Waals surface area contributed by atoms with Crippen LogP contribution in [0.4, 0.5) is 11.4 Å². The van der Waals surface area contributed by atoms with Crippen LogP contribution in [-0.2, 0) is 0 Å². The van der Waals surface area contributed by atoms with E-state index in [0.29, 0.717) is 5.02 Å². The van der Waals surface area contributed by atoms with Crippen LogP contribution < -0.4 is 0 Å². The summed E-state index contributed by atoms with van der Waals surface area (Å²) in [4.78, 5) is 9.45. The van der Waals surface area contributed by atoms with Crippen LogP contribution in [0.15, 0.2) is 58.5 Å². The van der Waals surface area contributed by atoms with E-state index in [1.807, 2.05) is 42.7 Å². The van der Waals surface area contributed by atoms with Gasteiger partial charge in [0.1, 0.15) is 0 Å². The summed E-state index contributed by atoms with van der Waals surface area (Å²) in [5.41, 5.74) is 3.89. The Hall–Kier alpha value is -1.58. The van der Waals surface area contributed by atoms with Gasteiger partial charge in [-0.1, -0.05) is 41.9 Å². The molecule has 0 unspecified atom stereocenters. The van der Waals surface area contributed by atoms with Gasteiger partial charge in [0, 0.05) is 11.4 Å². The normalized spacial score (nSPS) is 14.1. The Bertz CT molecular complexity index is 693. The van der Waals surface area contributed by atoms with Gasteiger partial charge < -0.3 is 0 Å². The van der Waals surface area contributed by atoms with Crippen molar-refractivity contribution < 1.29 is 0 Å². The predicted octanol–water partition coefficient (Wildman–Crippen LogP) is 5.26. The summed E-state index contributed by atoms with van der Waals surface area (Å²) < 4.78 is 0. The van der Waals surface area contributed by atoms with Crippen molar-refractivity contribution in [2.24, 2.45) is 9.98 Å². The first-order valence-corrected chi connectivity index (χ1v) is 7.90. The molecule has 1 aliphatic rings. The lowest BCUT2D eigenvalue weighted by Gasteiger charge is -2.05. The van der Waals surface area contributed by atoms with Crippen molar-refractivity contribution in [3.8, 4) is 0 Å². The van der Waals surface area contributed by atoms with Gasteiger partial charge in [0.05, 0.1) is 22.1 Å². The topological polar surface area (TPSA) is 24.7 Å². The summed E-state index contributed by atoms with van der Waals surface area (Å²) in [6.07, 6.45) is 2.79. The molecule has 2 aromatic carbocycles. The molecule has 0 fully saturated rings. The number of fused-ring (bicyclic) bond motifs is 1. The summed E-state index contributed by atoms with van der Waals surface area (Å²) in [6, 6.07) is 15.9. The van der Waals surface area contributed by atoms with Gasteiger partial charge >= 0.3 is 0 Å². The molecule has 0 radical (unpaired) electrons. The number of aliphatic imine (C=N–C) groups is 2. The Balaban J connectivity index is 2.14. The molecule has 0 amide bonds. The van der Waals surface area contributed by atoms with Gasteiger partial charge in [-0.25, -0.2) is 4.99 Å². The van der Waals surface area contributed by atoms with E-state index in [-0.39, 0.29) is 0 Å². The molecule has 0 saturated carbocycles. The fourth-order valence-electron chi connectivity index (χ4n) is 2.10. The minimum absolute atomic E-state index is 0.686. The Kier molecular flexibility index (Phi) is 3.90. The van der Waals surface area contributed by atoms with Crippen molar-refractivity contribution in [3.63, 3.8) is 0 Å². The number of hydrogen-bond donors (Lipinski definition) is 0. The van der Waals surface area contributed by atoms with Gasteiger partial charge in [0.25, 0.3) is 0 Å². The third-order valence-electron chi connectivity index (χ3n) is 3.10. The van der Waals surface area contributed by atoms with Gasteiger partial charge in [0.2, 0.25) is 0 Å². The number of benzene rings is 2. The molecule has 3 rings (SSSR count). The average molecular weight is 301 g/mol. The molecule has 0 aliphatic carbocycles. The molecule has 1 heterocycles. The number of halogens is 1. The van der Waals surface area contributed by atoms with Gasteiger partial charge in [-0.2, -0.15) is 0 Å². The first-order valence-electron chi connectivity index (χ1n) is 6.30. The number of hydrogen-bond acceptors (Lipinski definition) is 3. The SMILES string of the molecule is CSC1=Nc2cc(Cl)ccc2N=C(c2ccccc2)C1. The third-order valence-corrected chi connectivity index (χ3v) is 4.04. The van der Waals surface area contributed by atoms with Gasteiger partial charge in [-0.15, -0.1) is 11.8 Å². The quantitative estimate of drug-likeness (QED) is 0.705. The van der Waals surface area contributed by atoms with Crippen LogP contribution in [0, 0.1) is 0 Å². The zero-order valence-corrected chi connectivity index (χ0v) is 12.6. The van der Waals surface area contributed by atoms with Crippen molar-refractivity contribution in [1.29, 1.82) is 0 Å². The lowest BCUT2D eigenvalue weighted by molar-refractivity contribution is 1.45. The van der Waals surface area contributed by atoms with Gasteiger partial charge in [0.15, 0.2) is 0 Å². The standard InChI is InChI=1S/C16H13ClN2S/c1-20-16-10-14(11-5-3-2-4-6-11)18-13-8-7-12(17)9-15(13)19-16/h2-9H,10H2,1H3. The maximum Gasteiger partial charge on any atom is 0.0910 e. The van der Waals surface area contributed by atoms with Crippen LogP contribution in [0.25, 0.3) is 0 Å². The van der Waals surface area contributed by atoms with E-state index in [1.165, 1.54) is 0 Å². The maximum absolute atomic E-state index is 6.05. The highest BCUT2D eigenvalue weighted by Gasteiger charge is 2.14. The average Bonchev–Trinajstić information content (AvgIpc) is 2.67. The van der Waals surface area contributed by atoms with Crippen LogP contribution in [0.1, 0.15) is 12.0 Å². The zero-order valence-electron chi connectivity index (χ0n) is 11.0. The van der Waals surface area contributed by atoms with Crippen LogP contribution >= 0.6 is 23.4 Å². The third kappa shape index (κ3) is 2.79. The second kappa shape index (κ2) is 5.81. The Labute approximate surface area is 127 Å². The first-order chi connectivity index (χ1) is 9.76. The number of rotatable bonds is 1. The van der Waals surface area contributed by atoms with Crippen LogP contribution in [0.2, 0.25) is 5.02 Å². The molecule has 2 aromatic rings. The Morgan fingerprint density at radius 2 is 1.80 bits per heavy atom. The second-order valence-corrected chi connectivity index (χ2v) is 5.76. The van der Waals surface area contributed by atoms with E-state index in [4.69, 9.17) is 16.6 Å². The summed E-state index contributed by atoms with van der Waals surface area (Å²) >= 11 is 7.70. The minimum atomic E-state index is 0.686. The van der Waals surface area contributed by atoms with Gasteiger partial charge in [-0.3, -0.25) is 4.99 Å². The number of thioether (sulfide) groups is 1. The molecular formula is C16H13ClN2S. The van der Waals surface area contributed by atoms with E-state index >= 15 is 0 Å². The summed E-state index contributed by atoms with van der Waals surface area (Å²) in [5.74, 6) is 0. The lowest BCUT2D eigenvalue weighted by Crippen LogP contribution is -2.05. The fraction of sp³-hybridized carbons (Fsp3) is 0.125. The molecular weight excluding hydrogens is 288 g/mol. The summed E-state index contributed by atoms with van der Waals surface area (Å²) in [6.45, 7) is 0. The van der Waals surface area contributed by atoms with E-state index < -0.39 is 0 Å². The Morgan fingerprint density at radius 3 is 2.55 bits per heavy atom. The summed E-state index contributed by atoms with van der Waals surface area (Å²) in [7, 11) is 0. The predicted molar refractivity (Wildman–Crippen MR) is 89.3 cm³/mol. The van der Waals surface area contributed by atoms with Crippen molar-refractivity contribution in [1.82, 2.24) is 0 Å². The van der Waals surface area contributed by atoms with Crippen molar-refractivity contribution >= 4 is 45.5 Å². The molecule has 0 N–H and O–H groups in total. The van der Waals surface area contributed by atoms with Crippen LogP contribution in [0.3, 0.4) is 0 Å². The minimum Gasteiger partial charge on any atom is -0.250 e. The zero-order chi connectivity index (χ0) is 13.9. The molecule has 0 atom stereocenters.